The zero-order chi connectivity index (χ0) is 38.0. The Morgan fingerprint density at radius 3 is 2.48 bits per heavy atom. The van der Waals surface area contributed by atoms with Crippen molar-refractivity contribution < 1.29 is 24.1 Å². The molecule has 12 nitrogen and oxygen atoms in total. The van der Waals surface area contributed by atoms with Crippen molar-refractivity contribution in [3.63, 3.8) is 0 Å². The van der Waals surface area contributed by atoms with Crippen LogP contribution in [0.15, 0.2) is 82.5 Å². The summed E-state index contributed by atoms with van der Waals surface area (Å²) in [7, 11) is 1.58. The monoisotopic (exact) mass is 829 g/mol. The summed E-state index contributed by atoms with van der Waals surface area (Å²) >= 11 is 17.7. The van der Waals surface area contributed by atoms with Gasteiger partial charge in [0.2, 0.25) is 17.6 Å². The predicted octanol–water partition coefficient (Wildman–Crippen LogP) is 7.62. The molecular weight excluding hydrogens is 797 g/mol. The minimum Gasteiger partial charge on any atom is -0.481 e. The molecule has 6 rings (SSSR count). The number of nitrogens with one attached hydrogen (secondary N) is 2. The summed E-state index contributed by atoms with van der Waals surface area (Å²) < 4.78 is 18.5. The number of carboxylic acid groups (broad SMARTS) is 1. The van der Waals surface area contributed by atoms with Crippen LogP contribution in [-0.2, 0) is 24.6 Å². The van der Waals surface area contributed by atoms with Gasteiger partial charge < -0.3 is 30.0 Å². The van der Waals surface area contributed by atoms with Crippen LogP contribution in [0.5, 0.6) is 17.6 Å². The molecule has 0 spiro atoms. The van der Waals surface area contributed by atoms with Crippen LogP contribution in [0.3, 0.4) is 0 Å². The molecule has 0 radical (unpaired) electrons. The van der Waals surface area contributed by atoms with E-state index in [2.05, 4.69) is 47.6 Å². The highest BCUT2D eigenvalue weighted by molar-refractivity contribution is 9.10. The van der Waals surface area contributed by atoms with Gasteiger partial charge in [-0.2, -0.15) is 10.2 Å². The summed E-state index contributed by atoms with van der Waals surface area (Å²) in [5, 5.41) is 25.7. The molecule has 0 unspecified atom stereocenters. The quantitative estimate of drug-likeness (QED) is 0.0839. The molecule has 54 heavy (non-hydrogen) atoms. The van der Waals surface area contributed by atoms with Gasteiger partial charge in [0.15, 0.2) is 0 Å². The molecule has 3 aromatic heterocycles. The van der Waals surface area contributed by atoms with Gasteiger partial charge in [-0.1, -0.05) is 59.6 Å². The number of halogens is 3. The molecule has 0 amide bonds. The molecular formula is C39H34BrCl2N7O5. The van der Waals surface area contributed by atoms with E-state index in [1.54, 1.807) is 19.4 Å². The second-order valence-electron chi connectivity index (χ2n) is 12.0. The summed E-state index contributed by atoms with van der Waals surface area (Å²) in [6.45, 7) is 2.50. The molecule has 0 saturated carbocycles. The number of ether oxygens (including phenoxy) is 3. The predicted molar refractivity (Wildman–Crippen MR) is 209 cm³/mol. The molecule has 0 saturated heterocycles. The molecule has 2 aromatic carbocycles. The van der Waals surface area contributed by atoms with Crippen LogP contribution in [-0.4, -0.2) is 58.6 Å². The van der Waals surface area contributed by atoms with E-state index < -0.39 is 5.97 Å². The van der Waals surface area contributed by atoms with Crippen molar-refractivity contribution in [3.8, 4) is 46.1 Å². The first kappa shape index (κ1) is 38.5. The second-order valence-corrected chi connectivity index (χ2v) is 13.7. The highest BCUT2D eigenvalue weighted by Gasteiger charge is 2.20. The third-order valence-electron chi connectivity index (χ3n) is 8.33. The minimum absolute atomic E-state index is 0.0594. The number of aliphatic carboxylic acids is 1. The maximum atomic E-state index is 10.9. The van der Waals surface area contributed by atoms with E-state index in [4.69, 9.17) is 47.5 Å². The Morgan fingerprint density at radius 2 is 1.72 bits per heavy atom. The number of carboxylic acids is 1. The first-order chi connectivity index (χ1) is 26.2. The van der Waals surface area contributed by atoms with E-state index in [1.165, 1.54) is 6.20 Å². The normalized spacial score (nSPS) is 12.1. The summed E-state index contributed by atoms with van der Waals surface area (Å²) in [5.74, 6) is 0.913. The van der Waals surface area contributed by atoms with Crippen LogP contribution in [0, 0.1) is 11.3 Å². The number of pyridine rings is 3. The SMILES string of the molecule is COc1nc(-c2cccc(-c3cccc(COc4nc(OCc5cncc(C#N)c5)c(CNCCCC(=O)O)cc4Br)c3Cl)c2Cl)ccc1C1=NCCN1. The molecule has 0 bridgehead atoms. The fraction of sp³-hybridized carbons (Fsp3) is 0.231. The van der Waals surface area contributed by atoms with Crippen molar-refractivity contribution in [2.45, 2.75) is 32.6 Å². The molecule has 15 heteroatoms. The van der Waals surface area contributed by atoms with Gasteiger partial charge >= 0.3 is 5.97 Å². The lowest BCUT2D eigenvalue weighted by atomic mass is 9.99. The molecule has 276 valence electrons. The highest BCUT2D eigenvalue weighted by Crippen LogP contribution is 2.41. The molecule has 3 N–H and O–H groups in total. The Labute approximate surface area is 330 Å². The molecule has 5 aromatic rings. The number of aliphatic imine (C=N–C) groups is 1. The van der Waals surface area contributed by atoms with Crippen LogP contribution >= 0.6 is 39.1 Å². The smallest absolute Gasteiger partial charge is 0.303 e. The number of rotatable bonds is 16. The fourth-order valence-electron chi connectivity index (χ4n) is 5.70. The van der Waals surface area contributed by atoms with Gasteiger partial charge in [-0.25, -0.2) is 4.98 Å². The number of methoxy groups -OCH3 is 1. The third-order valence-corrected chi connectivity index (χ3v) is 9.75. The van der Waals surface area contributed by atoms with Gasteiger partial charge in [0.1, 0.15) is 25.1 Å². The van der Waals surface area contributed by atoms with Crippen LogP contribution in [0.1, 0.15) is 40.7 Å². The van der Waals surface area contributed by atoms with Gasteiger partial charge in [0, 0.05) is 65.3 Å². The van der Waals surface area contributed by atoms with Crippen LogP contribution < -0.4 is 24.8 Å². The number of nitrogens with zero attached hydrogens (tertiary/aromatic N) is 5. The minimum atomic E-state index is -0.852. The van der Waals surface area contributed by atoms with Crippen molar-refractivity contribution in [1.82, 2.24) is 25.6 Å². The number of carbonyl (C=O) groups is 1. The van der Waals surface area contributed by atoms with Gasteiger partial charge in [0.25, 0.3) is 0 Å². The Morgan fingerprint density at radius 1 is 0.944 bits per heavy atom. The van der Waals surface area contributed by atoms with Crippen LogP contribution in [0.2, 0.25) is 10.0 Å². The fourth-order valence-corrected chi connectivity index (χ4v) is 6.79. The maximum Gasteiger partial charge on any atom is 0.303 e. The lowest BCUT2D eigenvalue weighted by Gasteiger charge is -2.16. The lowest BCUT2D eigenvalue weighted by molar-refractivity contribution is -0.137. The number of amidine groups is 1. The number of benzene rings is 2. The second kappa shape index (κ2) is 18.2. The molecule has 0 fully saturated rings. The summed E-state index contributed by atoms with van der Waals surface area (Å²) in [6, 6.07) is 20.8. The first-order valence-electron chi connectivity index (χ1n) is 16.9. The van der Waals surface area contributed by atoms with Crippen molar-refractivity contribution >= 4 is 50.9 Å². The van der Waals surface area contributed by atoms with Crippen LogP contribution in [0.4, 0.5) is 0 Å². The number of hydrogen-bond donors (Lipinski definition) is 3. The van der Waals surface area contributed by atoms with Crippen molar-refractivity contribution in [2.75, 3.05) is 26.7 Å². The van der Waals surface area contributed by atoms with E-state index in [-0.39, 0.29) is 25.5 Å². The lowest BCUT2D eigenvalue weighted by Crippen LogP contribution is -2.20. The largest absolute Gasteiger partial charge is 0.481 e. The van der Waals surface area contributed by atoms with E-state index in [0.29, 0.717) is 91.4 Å². The summed E-state index contributed by atoms with van der Waals surface area (Å²) in [6.07, 6.45) is 3.62. The maximum absolute atomic E-state index is 10.9. The molecule has 4 heterocycles. The Balaban J connectivity index is 1.23. The molecule has 0 atom stereocenters. The number of aromatic nitrogens is 3. The number of hydrogen-bond acceptors (Lipinski definition) is 11. The average Bonchev–Trinajstić information content (AvgIpc) is 3.72. The summed E-state index contributed by atoms with van der Waals surface area (Å²) in [5.41, 5.74) is 6.08. The number of nitriles is 1. The van der Waals surface area contributed by atoms with Gasteiger partial charge in [0.05, 0.1) is 45.0 Å². The Bertz CT molecular complexity index is 2250. The Hall–Kier alpha value is -5.26. The van der Waals surface area contributed by atoms with Crippen molar-refractivity contribution in [2.24, 2.45) is 4.99 Å². The van der Waals surface area contributed by atoms with Crippen LogP contribution in [0.25, 0.3) is 22.4 Å². The summed E-state index contributed by atoms with van der Waals surface area (Å²) in [4.78, 5) is 29.0. The van der Waals surface area contributed by atoms with Gasteiger partial charge in [-0.3, -0.25) is 14.8 Å². The van der Waals surface area contributed by atoms with E-state index >= 15 is 0 Å². The molecule has 0 aliphatic carbocycles. The van der Waals surface area contributed by atoms with Crippen molar-refractivity contribution in [3.05, 3.63) is 115 Å². The zero-order valence-corrected chi connectivity index (χ0v) is 32.1. The standard InChI is InChI=1S/C39H34BrCl2N7O5/c1-52-38-30(36-46-13-14-47-36)10-11-32(48-38)29-8-3-7-28(35(29)42)27-6-2-5-25(34(27)41)22-54-39-31(40)16-26(20-44-12-4-9-33(50)51)37(49-39)53-21-24-15-23(17-43)18-45-19-24/h2-3,5-8,10-11,15-16,18-19,44H,4,9,12-14,20-22H2,1H3,(H,46,47)(H,50,51). The molecule has 1 aliphatic rings. The first-order valence-corrected chi connectivity index (χ1v) is 18.4. The van der Waals surface area contributed by atoms with Gasteiger partial charge in [-0.15, -0.1) is 0 Å². The zero-order valence-electron chi connectivity index (χ0n) is 29.0. The average molecular weight is 832 g/mol. The van der Waals surface area contributed by atoms with E-state index in [1.807, 2.05) is 54.6 Å². The highest BCUT2D eigenvalue weighted by atomic mass is 79.9. The van der Waals surface area contributed by atoms with E-state index in [9.17, 15) is 10.1 Å². The third kappa shape index (κ3) is 9.26. The molecule has 1 aliphatic heterocycles. The topological polar surface area (TPSA) is 164 Å². The van der Waals surface area contributed by atoms with Crippen molar-refractivity contribution in [1.29, 1.82) is 5.26 Å². The van der Waals surface area contributed by atoms with E-state index in [0.717, 1.165) is 23.5 Å². The Kier molecular flexibility index (Phi) is 13.0. The van der Waals surface area contributed by atoms with Gasteiger partial charge in [-0.05, 0) is 53.2 Å².